The summed E-state index contributed by atoms with van der Waals surface area (Å²) in [6.07, 6.45) is 0. The summed E-state index contributed by atoms with van der Waals surface area (Å²) in [5.41, 5.74) is 0.664. The number of nitrogens with zero attached hydrogens (tertiary/aromatic N) is 2. The molecule has 0 aliphatic heterocycles. The first-order chi connectivity index (χ1) is 11.5. The third-order valence-corrected chi connectivity index (χ3v) is 3.10. The number of nitrogens with one attached hydrogen (secondary N) is 2. The Labute approximate surface area is 139 Å². The van der Waals surface area contributed by atoms with Crippen molar-refractivity contribution >= 4 is 23.3 Å². The van der Waals surface area contributed by atoms with Crippen molar-refractivity contribution in [2.75, 3.05) is 37.9 Å². The van der Waals surface area contributed by atoms with Gasteiger partial charge in [0, 0.05) is 11.8 Å². The van der Waals surface area contributed by atoms with E-state index >= 15 is 0 Å². The molecule has 0 radical (unpaired) electrons. The lowest BCUT2D eigenvalue weighted by Gasteiger charge is -2.15. The van der Waals surface area contributed by atoms with Crippen LogP contribution in [-0.4, -0.2) is 49.1 Å². The van der Waals surface area contributed by atoms with E-state index in [4.69, 9.17) is 9.26 Å². The molecule has 0 spiro atoms. The Balaban J connectivity index is 1.77. The zero-order chi connectivity index (χ0) is 17.5. The molecule has 0 fully saturated rings. The maximum Gasteiger partial charge on any atom is 0.239 e. The average Bonchev–Trinajstić information content (AvgIpc) is 2.92. The molecule has 0 bridgehead atoms. The maximum absolute atomic E-state index is 12.0. The van der Waals surface area contributed by atoms with Gasteiger partial charge in [-0.3, -0.25) is 14.5 Å². The lowest BCUT2D eigenvalue weighted by Crippen LogP contribution is -2.36. The van der Waals surface area contributed by atoms with Gasteiger partial charge in [-0.05, 0) is 38.2 Å². The van der Waals surface area contributed by atoms with Crippen molar-refractivity contribution in [2.45, 2.75) is 6.92 Å². The standard InChI is InChI=1S/C16H20N4O4/c1-11-8-14(19-24-11)18-16(22)10-20(2)9-15(21)17-12-4-6-13(23-3)7-5-12/h4-8H,9-10H2,1-3H3,(H,17,21)(H,18,19,22). The molecule has 2 rings (SSSR count). The van der Waals surface area contributed by atoms with Crippen LogP contribution in [0.4, 0.5) is 11.5 Å². The fourth-order valence-electron chi connectivity index (χ4n) is 2.03. The third-order valence-electron chi connectivity index (χ3n) is 3.10. The Kier molecular flexibility index (Phi) is 5.91. The predicted octanol–water partition coefficient (Wildman–Crippen LogP) is 1.50. The minimum Gasteiger partial charge on any atom is -0.497 e. The number of anilines is 2. The second-order valence-electron chi connectivity index (χ2n) is 5.32. The van der Waals surface area contributed by atoms with E-state index in [0.717, 1.165) is 0 Å². The molecule has 1 aromatic heterocycles. The maximum atomic E-state index is 12.0. The zero-order valence-electron chi connectivity index (χ0n) is 13.8. The van der Waals surface area contributed by atoms with Crippen LogP contribution in [0.2, 0.25) is 0 Å². The first kappa shape index (κ1) is 17.5. The summed E-state index contributed by atoms with van der Waals surface area (Å²) in [5, 5.41) is 9.03. The summed E-state index contributed by atoms with van der Waals surface area (Å²) in [7, 11) is 3.26. The van der Waals surface area contributed by atoms with Gasteiger partial charge in [-0.1, -0.05) is 5.16 Å². The van der Waals surface area contributed by atoms with E-state index < -0.39 is 0 Å². The second-order valence-corrected chi connectivity index (χ2v) is 5.32. The van der Waals surface area contributed by atoms with Gasteiger partial charge in [0.2, 0.25) is 11.8 Å². The van der Waals surface area contributed by atoms with Crippen LogP contribution >= 0.6 is 0 Å². The molecule has 0 saturated heterocycles. The smallest absolute Gasteiger partial charge is 0.239 e. The molecule has 0 aliphatic carbocycles. The molecule has 0 saturated carbocycles. The lowest BCUT2D eigenvalue weighted by atomic mass is 10.3. The normalized spacial score (nSPS) is 10.5. The highest BCUT2D eigenvalue weighted by molar-refractivity contribution is 5.94. The number of amides is 2. The third kappa shape index (κ3) is 5.40. The number of hydrogen-bond acceptors (Lipinski definition) is 6. The van der Waals surface area contributed by atoms with Crippen LogP contribution in [0.5, 0.6) is 5.75 Å². The molecule has 1 aromatic carbocycles. The van der Waals surface area contributed by atoms with E-state index in [0.29, 0.717) is 23.0 Å². The molecule has 0 atom stereocenters. The average molecular weight is 332 g/mol. The highest BCUT2D eigenvalue weighted by Crippen LogP contribution is 2.14. The Morgan fingerprint density at radius 1 is 1.17 bits per heavy atom. The largest absolute Gasteiger partial charge is 0.497 e. The Morgan fingerprint density at radius 2 is 1.79 bits per heavy atom. The van der Waals surface area contributed by atoms with Gasteiger partial charge < -0.3 is 19.9 Å². The van der Waals surface area contributed by atoms with Crippen LogP contribution < -0.4 is 15.4 Å². The van der Waals surface area contributed by atoms with Crippen LogP contribution in [-0.2, 0) is 9.59 Å². The van der Waals surface area contributed by atoms with Crippen LogP contribution in [0, 0.1) is 6.92 Å². The number of carbonyl (C=O) groups is 2. The number of aryl methyl sites for hydroxylation is 1. The molecule has 0 aliphatic rings. The number of benzene rings is 1. The van der Waals surface area contributed by atoms with Crippen LogP contribution in [0.3, 0.4) is 0 Å². The summed E-state index contributed by atoms with van der Waals surface area (Å²) in [6.45, 7) is 1.87. The molecule has 2 aromatic rings. The zero-order valence-corrected chi connectivity index (χ0v) is 13.8. The van der Waals surface area contributed by atoms with Crippen molar-refractivity contribution in [1.29, 1.82) is 0 Å². The van der Waals surface area contributed by atoms with Gasteiger partial charge in [-0.25, -0.2) is 0 Å². The molecule has 8 heteroatoms. The summed E-state index contributed by atoms with van der Waals surface area (Å²) in [6, 6.07) is 8.63. The Morgan fingerprint density at radius 3 is 2.33 bits per heavy atom. The van der Waals surface area contributed by atoms with E-state index in [2.05, 4.69) is 15.8 Å². The summed E-state index contributed by atoms with van der Waals surface area (Å²) >= 11 is 0. The van der Waals surface area contributed by atoms with Crippen molar-refractivity contribution < 1.29 is 18.8 Å². The molecular weight excluding hydrogens is 312 g/mol. The van der Waals surface area contributed by atoms with Crippen molar-refractivity contribution in [1.82, 2.24) is 10.1 Å². The summed E-state index contributed by atoms with van der Waals surface area (Å²) in [4.78, 5) is 25.4. The van der Waals surface area contributed by atoms with E-state index in [9.17, 15) is 9.59 Å². The fourth-order valence-corrected chi connectivity index (χ4v) is 2.03. The number of methoxy groups -OCH3 is 1. The number of rotatable bonds is 7. The van der Waals surface area contributed by atoms with Gasteiger partial charge in [-0.2, -0.15) is 0 Å². The van der Waals surface area contributed by atoms with Crippen molar-refractivity contribution in [3.05, 3.63) is 36.1 Å². The number of ether oxygens (including phenoxy) is 1. The van der Waals surface area contributed by atoms with Crippen LogP contribution in [0.15, 0.2) is 34.9 Å². The SMILES string of the molecule is COc1ccc(NC(=O)CN(C)CC(=O)Nc2cc(C)on2)cc1. The molecular formula is C16H20N4O4. The van der Waals surface area contributed by atoms with Crippen LogP contribution in [0.1, 0.15) is 5.76 Å². The van der Waals surface area contributed by atoms with E-state index in [-0.39, 0.29) is 24.9 Å². The van der Waals surface area contributed by atoms with E-state index in [1.165, 1.54) is 0 Å². The molecule has 8 nitrogen and oxygen atoms in total. The fraction of sp³-hybridized carbons (Fsp3) is 0.312. The van der Waals surface area contributed by atoms with Gasteiger partial charge >= 0.3 is 0 Å². The van der Waals surface area contributed by atoms with Gasteiger partial charge in [0.15, 0.2) is 5.82 Å². The van der Waals surface area contributed by atoms with Crippen molar-refractivity contribution in [2.24, 2.45) is 0 Å². The lowest BCUT2D eigenvalue weighted by molar-refractivity contribution is -0.119. The Bertz CT molecular complexity index is 696. The molecule has 1 heterocycles. The summed E-state index contributed by atoms with van der Waals surface area (Å²) < 4.78 is 9.92. The molecule has 24 heavy (non-hydrogen) atoms. The first-order valence-corrected chi connectivity index (χ1v) is 7.32. The molecule has 0 unspecified atom stereocenters. The number of likely N-dealkylation sites (N-methyl/N-ethyl adjacent to an activating group) is 1. The Hall–Kier alpha value is -2.87. The molecule has 2 amide bonds. The quantitative estimate of drug-likeness (QED) is 0.797. The first-order valence-electron chi connectivity index (χ1n) is 7.32. The topological polar surface area (TPSA) is 96.7 Å². The highest BCUT2D eigenvalue weighted by atomic mass is 16.5. The van der Waals surface area contributed by atoms with Gasteiger partial charge in [0.05, 0.1) is 20.2 Å². The van der Waals surface area contributed by atoms with Crippen LogP contribution in [0.25, 0.3) is 0 Å². The van der Waals surface area contributed by atoms with Gasteiger partial charge in [-0.15, -0.1) is 0 Å². The van der Waals surface area contributed by atoms with E-state index in [1.807, 2.05) is 0 Å². The number of carbonyl (C=O) groups excluding carboxylic acids is 2. The number of hydrogen-bond donors (Lipinski definition) is 2. The highest BCUT2D eigenvalue weighted by Gasteiger charge is 2.12. The van der Waals surface area contributed by atoms with Gasteiger partial charge in [0.1, 0.15) is 11.5 Å². The van der Waals surface area contributed by atoms with Crippen molar-refractivity contribution in [3.63, 3.8) is 0 Å². The van der Waals surface area contributed by atoms with Gasteiger partial charge in [0.25, 0.3) is 0 Å². The second kappa shape index (κ2) is 8.11. The number of aromatic nitrogens is 1. The van der Waals surface area contributed by atoms with E-state index in [1.54, 1.807) is 56.3 Å². The molecule has 2 N–H and O–H groups in total. The monoisotopic (exact) mass is 332 g/mol. The van der Waals surface area contributed by atoms with Crippen molar-refractivity contribution in [3.8, 4) is 5.75 Å². The summed E-state index contributed by atoms with van der Waals surface area (Å²) in [5.74, 6) is 1.19. The molecule has 128 valence electrons. The minimum absolute atomic E-state index is 0.0575. The minimum atomic E-state index is -0.275. The predicted molar refractivity (Wildman–Crippen MR) is 89.0 cm³/mol.